The maximum absolute atomic E-state index is 12.1. The zero-order valence-corrected chi connectivity index (χ0v) is 13.5. The second-order valence-corrected chi connectivity index (χ2v) is 7.31. The molecule has 1 saturated heterocycles. The van der Waals surface area contributed by atoms with E-state index in [1.54, 1.807) is 6.08 Å². The summed E-state index contributed by atoms with van der Waals surface area (Å²) in [5.74, 6) is 0.765. The van der Waals surface area contributed by atoms with E-state index in [0.717, 1.165) is 23.8 Å². The first kappa shape index (κ1) is 15.7. The number of carbonyl (C=O) groups excluding carboxylic acids is 1. The lowest BCUT2D eigenvalue weighted by Gasteiger charge is -2.31. The van der Waals surface area contributed by atoms with Crippen LogP contribution in [0.5, 0.6) is 0 Å². The fourth-order valence-corrected chi connectivity index (χ4v) is 4.32. The van der Waals surface area contributed by atoms with Crippen LogP contribution in [0.3, 0.4) is 0 Å². The molecule has 1 aromatic heterocycles. The Labute approximate surface area is 132 Å². The van der Waals surface area contributed by atoms with Gasteiger partial charge < -0.3 is 16.0 Å². The van der Waals surface area contributed by atoms with E-state index < -0.39 is 0 Å². The lowest BCUT2D eigenvalue weighted by atomic mass is 10.2. The molecular formula is C14H18N4OS2. The van der Waals surface area contributed by atoms with Crippen molar-refractivity contribution in [3.63, 3.8) is 0 Å². The minimum atomic E-state index is -0.250. The van der Waals surface area contributed by atoms with Gasteiger partial charge in [-0.3, -0.25) is 4.79 Å². The number of nitrogens with one attached hydrogen (secondary N) is 1. The van der Waals surface area contributed by atoms with Gasteiger partial charge in [0.05, 0.1) is 5.69 Å². The van der Waals surface area contributed by atoms with Crippen molar-refractivity contribution in [1.82, 2.24) is 5.32 Å². The van der Waals surface area contributed by atoms with Gasteiger partial charge in [0, 0.05) is 30.6 Å². The lowest BCUT2D eigenvalue weighted by Crippen LogP contribution is -2.36. The van der Waals surface area contributed by atoms with Crippen LogP contribution in [0.15, 0.2) is 12.7 Å². The Hall–Kier alpha value is -1.65. The fraction of sp³-hybridized carbons (Fsp3) is 0.429. The third-order valence-corrected chi connectivity index (χ3v) is 5.58. The number of hydrogen-bond acceptors (Lipinski definition) is 6. The van der Waals surface area contributed by atoms with Crippen molar-refractivity contribution in [1.29, 1.82) is 5.26 Å². The van der Waals surface area contributed by atoms with E-state index in [0.29, 0.717) is 22.2 Å². The molecule has 0 radical (unpaired) electrons. The quantitative estimate of drug-likeness (QED) is 0.829. The molecule has 1 atom stereocenters. The van der Waals surface area contributed by atoms with Crippen molar-refractivity contribution in [2.24, 2.45) is 0 Å². The first-order valence-corrected chi connectivity index (χ1v) is 8.53. The summed E-state index contributed by atoms with van der Waals surface area (Å²) in [6.07, 6.45) is 1.61. The summed E-state index contributed by atoms with van der Waals surface area (Å²) in [4.78, 5) is 14.7. The minimum absolute atomic E-state index is 0.250. The zero-order chi connectivity index (χ0) is 15.4. The molecule has 5 nitrogen and oxygen atoms in total. The van der Waals surface area contributed by atoms with Gasteiger partial charge >= 0.3 is 0 Å². The molecule has 2 heterocycles. The van der Waals surface area contributed by atoms with E-state index in [1.165, 1.54) is 11.3 Å². The van der Waals surface area contributed by atoms with Gasteiger partial charge in [-0.15, -0.1) is 17.9 Å². The molecule has 0 saturated carbocycles. The molecule has 0 aliphatic carbocycles. The van der Waals surface area contributed by atoms with Crippen molar-refractivity contribution >= 4 is 39.7 Å². The fourth-order valence-electron chi connectivity index (χ4n) is 2.18. The predicted octanol–water partition coefficient (Wildman–Crippen LogP) is 2.06. The van der Waals surface area contributed by atoms with Crippen LogP contribution in [0, 0.1) is 11.3 Å². The Balaban J connectivity index is 2.32. The number of carbonyl (C=O) groups is 1. The first-order valence-electron chi connectivity index (χ1n) is 6.66. The minimum Gasteiger partial charge on any atom is -0.396 e. The first-order chi connectivity index (χ1) is 10.1. The standard InChI is InChI=1S/C14H18N4OS2/c1-3-4-17-13(19)12-11(16)10(7-15)14(21-12)18-5-6-20-9(2)8-18/h3,9H,1,4-6,8,16H2,2H3,(H,17,19). The molecule has 1 fully saturated rings. The van der Waals surface area contributed by atoms with Gasteiger partial charge in [-0.1, -0.05) is 13.0 Å². The van der Waals surface area contributed by atoms with Gasteiger partial charge in [-0.2, -0.15) is 17.0 Å². The Bertz CT molecular complexity index is 591. The Morgan fingerprint density at radius 3 is 3.10 bits per heavy atom. The summed E-state index contributed by atoms with van der Waals surface area (Å²) in [5.41, 5.74) is 6.70. The monoisotopic (exact) mass is 322 g/mol. The highest BCUT2D eigenvalue weighted by Crippen LogP contribution is 2.39. The summed E-state index contributed by atoms with van der Waals surface area (Å²) in [5, 5.41) is 13.4. The highest BCUT2D eigenvalue weighted by atomic mass is 32.2. The molecule has 0 bridgehead atoms. The van der Waals surface area contributed by atoms with E-state index in [1.807, 2.05) is 11.8 Å². The van der Waals surface area contributed by atoms with Gasteiger partial charge in [0.25, 0.3) is 5.91 Å². The number of nitrogens with two attached hydrogens (primary N) is 1. The van der Waals surface area contributed by atoms with Crippen LogP contribution in [0.4, 0.5) is 10.7 Å². The average molecular weight is 322 g/mol. The lowest BCUT2D eigenvalue weighted by molar-refractivity contribution is 0.0963. The number of nitriles is 1. The third-order valence-electron chi connectivity index (χ3n) is 3.18. The van der Waals surface area contributed by atoms with Crippen LogP contribution < -0.4 is 16.0 Å². The molecule has 0 aromatic carbocycles. The second-order valence-electron chi connectivity index (χ2n) is 4.76. The summed E-state index contributed by atoms with van der Waals surface area (Å²) in [7, 11) is 0. The second kappa shape index (κ2) is 6.87. The summed E-state index contributed by atoms with van der Waals surface area (Å²) < 4.78 is 0. The Morgan fingerprint density at radius 1 is 1.71 bits per heavy atom. The number of nitrogen functional groups attached to an aromatic ring is 1. The molecule has 1 aliphatic heterocycles. The normalized spacial score (nSPS) is 18.1. The number of amides is 1. The van der Waals surface area contributed by atoms with E-state index in [-0.39, 0.29) is 11.6 Å². The molecular weight excluding hydrogens is 304 g/mol. The topological polar surface area (TPSA) is 82.2 Å². The number of nitrogens with zero attached hydrogens (tertiary/aromatic N) is 2. The molecule has 0 spiro atoms. The van der Waals surface area contributed by atoms with Gasteiger partial charge in [-0.25, -0.2) is 0 Å². The molecule has 112 valence electrons. The molecule has 21 heavy (non-hydrogen) atoms. The van der Waals surface area contributed by atoms with Gasteiger partial charge in [-0.05, 0) is 0 Å². The highest BCUT2D eigenvalue weighted by molar-refractivity contribution is 8.00. The average Bonchev–Trinajstić information content (AvgIpc) is 2.81. The summed E-state index contributed by atoms with van der Waals surface area (Å²) >= 11 is 3.22. The molecule has 3 N–H and O–H groups in total. The van der Waals surface area contributed by atoms with Gasteiger partial charge in [0.15, 0.2) is 0 Å². The number of thioether (sulfide) groups is 1. The van der Waals surface area contributed by atoms with Gasteiger partial charge in [0.1, 0.15) is 21.5 Å². The van der Waals surface area contributed by atoms with E-state index in [2.05, 4.69) is 29.8 Å². The molecule has 2 rings (SSSR count). The van der Waals surface area contributed by atoms with Crippen molar-refractivity contribution < 1.29 is 4.79 Å². The summed E-state index contributed by atoms with van der Waals surface area (Å²) in [6.45, 7) is 7.85. The van der Waals surface area contributed by atoms with Crippen LogP contribution in [0.25, 0.3) is 0 Å². The molecule has 1 amide bonds. The summed E-state index contributed by atoms with van der Waals surface area (Å²) in [6, 6.07) is 2.14. The van der Waals surface area contributed by atoms with Crippen LogP contribution >= 0.6 is 23.1 Å². The predicted molar refractivity (Wildman–Crippen MR) is 90.1 cm³/mol. The molecule has 1 aliphatic rings. The Morgan fingerprint density at radius 2 is 2.48 bits per heavy atom. The van der Waals surface area contributed by atoms with E-state index in [9.17, 15) is 10.1 Å². The van der Waals surface area contributed by atoms with Crippen molar-refractivity contribution in [2.75, 3.05) is 36.0 Å². The Kier molecular flexibility index (Phi) is 5.15. The van der Waals surface area contributed by atoms with Crippen molar-refractivity contribution in [3.8, 4) is 6.07 Å². The maximum atomic E-state index is 12.1. The number of thiophene rings is 1. The molecule has 1 unspecified atom stereocenters. The molecule has 1 aromatic rings. The number of hydrogen-bond donors (Lipinski definition) is 2. The zero-order valence-electron chi connectivity index (χ0n) is 11.9. The van der Waals surface area contributed by atoms with Crippen LogP contribution in [0.1, 0.15) is 22.2 Å². The van der Waals surface area contributed by atoms with Crippen LogP contribution in [0.2, 0.25) is 0 Å². The van der Waals surface area contributed by atoms with Crippen LogP contribution in [-0.4, -0.2) is 36.5 Å². The number of rotatable bonds is 4. The van der Waals surface area contributed by atoms with E-state index >= 15 is 0 Å². The maximum Gasteiger partial charge on any atom is 0.263 e. The van der Waals surface area contributed by atoms with Crippen molar-refractivity contribution in [2.45, 2.75) is 12.2 Å². The van der Waals surface area contributed by atoms with Crippen LogP contribution in [-0.2, 0) is 0 Å². The smallest absolute Gasteiger partial charge is 0.263 e. The van der Waals surface area contributed by atoms with E-state index in [4.69, 9.17) is 5.73 Å². The van der Waals surface area contributed by atoms with Crippen molar-refractivity contribution in [3.05, 3.63) is 23.1 Å². The van der Waals surface area contributed by atoms with Gasteiger partial charge in [0.2, 0.25) is 0 Å². The highest BCUT2D eigenvalue weighted by Gasteiger charge is 2.26. The molecule has 7 heteroatoms. The SMILES string of the molecule is C=CCNC(=O)c1sc(N2CCSC(C)C2)c(C#N)c1N. The largest absolute Gasteiger partial charge is 0.396 e. The number of anilines is 2. The third kappa shape index (κ3) is 3.34.